The zero-order chi connectivity index (χ0) is 25.9. The molecule has 0 unspecified atom stereocenters. The van der Waals surface area contributed by atoms with Crippen LogP contribution in [-0.2, 0) is 4.74 Å². The van der Waals surface area contributed by atoms with Gasteiger partial charge in [-0.1, -0.05) is 11.6 Å². The molecule has 0 atom stereocenters. The number of benzene rings is 1. The van der Waals surface area contributed by atoms with Crippen molar-refractivity contribution in [1.82, 2.24) is 14.9 Å². The SMILES string of the molecule is COc1c(NC(=O)c2cncc(OCC3CCN(C(=O)OC(C)(C)C)CC3)c2)cc(Cl)c2[nH]ccc12. The van der Waals surface area contributed by atoms with Gasteiger partial charge in [-0.3, -0.25) is 9.78 Å². The van der Waals surface area contributed by atoms with Crippen molar-refractivity contribution in [2.45, 2.75) is 39.2 Å². The molecule has 10 heteroatoms. The van der Waals surface area contributed by atoms with Gasteiger partial charge in [0.15, 0.2) is 5.75 Å². The van der Waals surface area contributed by atoms with Crippen molar-refractivity contribution >= 4 is 40.2 Å². The second-order valence-corrected chi connectivity index (χ2v) is 10.2. The van der Waals surface area contributed by atoms with Crippen LogP contribution >= 0.6 is 11.6 Å². The molecule has 0 radical (unpaired) electrons. The molecule has 9 nitrogen and oxygen atoms in total. The number of rotatable bonds is 6. The average molecular weight is 515 g/mol. The number of anilines is 1. The number of piperidine rings is 1. The summed E-state index contributed by atoms with van der Waals surface area (Å²) in [6.45, 7) is 7.31. The van der Waals surface area contributed by atoms with Gasteiger partial charge in [-0.05, 0) is 57.7 Å². The first-order chi connectivity index (χ1) is 17.1. The Labute approximate surface area is 215 Å². The summed E-state index contributed by atoms with van der Waals surface area (Å²) in [5.41, 5.74) is 1.04. The zero-order valence-electron chi connectivity index (χ0n) is 20.9. The maximum atomic E-state index is 13.0. The van der Waals surface area contributed by atoms with E-state index in [1.807, 2.05) is 26.8 Å². The molecule has 192 valence electrons. The summed E-state index contributed by atoms with van der Waals surface area (Å²) in [5, 5.41) is 4.10. The predicted molar refractivity (Wildman–Crippen MR) is 138 cm³/mol. The number of likely N-dealkylation sites (tertiary alicyclic amines) is 1. The summed E-state index contributed by atoms with van der Waals surface area (Å²) in [5.74, 6) is 0.953. The first-order valence-electron chi connectivity index (χ1n) is 11.9. The molecule has 1 saturated heterocycles. The maximum Gasteiger partial charge on any atom is 0.410 e. The van der Waals surface area contributed by atoms with E-state index in [1.54, 1.807) is 36.5 Å². The van der Waals surface area contributed by atoms with Gasteiger partial charge in [0.1, 0.15) is 11.4 Å². The van der Waals surface area contributed by atoms with Crippen molar-refractivity contribution in [3.8, 4) is 11.5 Å². The quantitative estimate of drug-likeness (QED) is 0.449. The highest BCUT2D eigenvalue weighted by Gasteiger charge is 2.27. The number of nitrogens with one attached hydrogen (secondary N) is 2. The molecule has 1 aliphatic rings. The second kappa shape index (κ2) is 10.7. The van der Waals surface area contributed by atoms with E-state index in [2.05, 4.69) is 15.3 Å². The molecule has 36 heavy (non-hydrogen) atoms. The molecule has 3 heterocycles. The van der Waals surface area contributed by atoms with Crippen LogP contribution in [0.5, 0.6) is 11.5 Å². The van der Waals surface area contributed by atoms with Gasteiger partial charge in [-0.25, -0.2) is 4.79 Å². The molecule has 2 aromatic heterocycles. The number of hydrogen-bond donors (Lipinski definition) is 2. The summed E-state index contributed by atoms with van der Waals surface area (Å²) >= 11 is 6.36. The minimum Gasteiger partial charge on any atom is -0.494 e. The summed E-state index contributed by atoms with van der Waals surface area (Å²) < 4.78 is 16.9. The number of ether oxygens (including phenoxy) is 3. The Morgan fingerprint density at radius 3 is 2.67 bits per heavy atom. The summed E-state index contributed by atoms with van der Waals surface area (Å²) in [7, 11) is 1.54. The lowest BCUT2D eigenvalue weighted by Crippen LogP contribution is -2.42. The highest BCUT2D eigenvalue weighted by atomic mass is 35.5. The Hall–Kier alpha value is -3.46. The average Bonchev–Trinajstić information content (AvgIpc) is 3.33. The van der Waals surface area contributed by atoms with Crippen LogP contribution in [0.1, 0.15) is 44.0 Å². The zero-order valence-corrected chi connectivity index (χ0v) is 21.6. The fraction of sp³-hybridized carbons (Fsp3) is 0.423. The van der Waals surface area contributed by atoms with Gasteiger partial charge >= 0.3 is 6.09 Å². The van der Waals surface area contributed by atoms with E-state index in [9.17, 15) is 9.59 Å². The number of aromatic amines is 1. The number of fused-ring (bicyclic) bond motifs is 1. The van der Waals surface area contributed by atoms with Gasteiger partial charge in [0.25, 0.3) is 5.91 Å². The fourth-order valence-electron chi connectivity index (χ4n) is 4.12. The summed E-state index contributed by atoms with van der Waals surface area (Å²) in [4.78, 5) is 34.2. The number of carbonyl (C=O) groups is 2. The van der Waals surface area contributed by atoms with Crippen LogP contribution in [0.2, 0.25) is 5.02 Å². The van der Waals surface area contributed by atoms with Crippen LogP contribution in [0.15, 0.2) is 36.8 Å². The second-order valence-electron chi connectivity index (χ2n) is 9.79. The normalized spacial score (nSPS) is 14.5. The molecule has 3 aromatic rings. The lowest BCUT2D eigenvalue weighted by Gasteiger charge is -2.33. The Morgan fingerprint density at radius 2 is 1.97 bits per heavy atom. The third-order valence-corrected chi connectivity index (χ3v) is 6.22. The Bertz CT molecular complexity index is 1240. The predicted octanol–water partition coefficient (Wildman–Crippen LogP) is 5.50. The molecular formula is C26H31ClN4O5. The third kappa shape index (κ3) is 6.02. The van der Waals surface area contributed by atoms with E-state index in [4.69, 9.17) is 25.8 Å². The van der Waals surface area contributed by atoms with Gasteiger partial charge in [0.2, 0.25) is 0 Å². The number of nitrogens with zero attached hydrogens (tertiary/aromatic N) is 2. The van der Waals surface area contributed by atoms with Crippen LogP contribution in [0.3, 0.4) is 0 Å². The van der Waals surface area contributed by atoms with Crippen molar-refractivity contribution < 1.29 is 23.8 Å². The lowest BCUT2D eigenvalue weighted by atomic mass is 9.98. The van der Waals surface area contributed by atoms with Crippen molar-refractivity contribution in [3.05, 3.63) is 47.4 Å². The molecule has 2 amide bonds. The topological polar surface area (TPSA) is 106 Å². The minimum atomic E-state index is -0.506. The molecule has 4 rings (SSSR count). The fourth-order valence-corrected chi connectivity index (χ4v) is 4.38. The molecule has 1 fully saturated rings. The minimum absolute atomic E-state index is 0.279. The molecule has 0 spiro atoms. The number of carbonyl (C=O) groups excluding carboxylic acids is 2. The van der Waals surface area contributed by atoms with E-state index < -0.39 is 5.60 Å². The molecule has 1 aliphatic heterocycles. The van der Waals surface area contributed by atoms with Gasteiger partial charge in [0.05, 0.1) is 41.7 Å². The van der Waals surface area contributed by atoms with Crippen molar-refractivity contribution in [2.24, 2.45) is 5.92 Å². The van der Waals surface area contributed by atoms with E-state index in [1.165, 1.54) is 6.20 Å². The molecule has 1 aromatic carbocycles. The van der Waals surface area contributed by atoms with Crippen LogP contribution < -0.4 is 14.8 Å². The van der Waals surface area contributed by atoms with E-state index >= 15 is 0 Å². The van der Waals surface area contributed by atoms with Crippen molar-refractivity contribution in [1.29, 1.82) is 0 Å². The molecule has 2 N–H and O–H groups in total. The largest absolute Gasteiger partial charge is 0.494 e. The van der Waals surface area contributed by atoms with E-state index in [0.717, 1.165) is 23.7 Å². The number of amides is 2. The standard InChI is InChI=1S/C26H31ClN4O5/c1-26(2,3)36-25(33)31-9-6-16(7-10-31)15-35-18-11-17(13-28-14-18)24(32)30-21-12-20(27)22-19(5-8-29-22)23(21)34-4/h5,8,11-14,16,29H,6-7,9-10,15H2,1-4H3,(H,30,32). The van der Waals surface area contributed by atoms with E-state index in [0.29, 0.717) is 53.4 Å². The highest BCUT2D eigenvalue weighted by Crippen LogP contribution is 2.38. The summed E-state index contributed by atoms with van der Waals surface area (Å²) in [6.07, 6.45) is 6.17. The van der Waals surface area contributed by atoms with Crippen LogP contribution in [0.25, 0.3) is 10.9 Å². The number of hydrogen-bond acceptors (Lipinski definition) is 6. The van der Waals surface area contributed by atoms with Gasteiger partial charge < -0.3 is 29.4 Å². The number of halogens is 1. The monoisotopic (exact) mass is 514 g/mol. The van der Waals surface area contributed by atoms with Crippen LogP contribution in [-0.4, -0.2) is 59.3 Å². The molecule has 0 bridgehead atoms. The van der Waals surface area contributed by atoms with Crippen LogP contribution in [0, 0.1) is 5.92 Å². The van der Waals surface area contributed by atoms with Crippen molar-refractivity contribution in [3.63, 3.8) is 0 Å². The Balaban J connectivity index is 1.34. The first-order valence-corrected chi connectivity index (χ1v) is 12.2. The van der Waals surface area contributed by atoms with Crippen molar-refractivity contribution in [2.75, 3.05) is 32.1 Å². The first kappa shape index (κ1) is 25.6. The molecule has 0 saturated carbocycles. The Kier molecular flexibility index (Phi) is 7.59. The third-order valence-electron chi connectivity index (χ3n) is 5.93. The maximum absolute atomic E-state index is 13.0. The number of aromatic nitrogens is 2. The molecule has 0 aliphatic carbocycles. The molecular weight excluding hydrogens is 484 g/mol. The van der Waals surface area contributed by atoms with E-state index in [-0.39, 0.29) is 12.0 Å². The smallest absolute Gasteiger partial charge is 0.410 e. The lowest BCUT2D eigenvalue weighted by molar-refractivity contribution is 0.0165. The van der Waals surface area contributed by atoms with Gasteiger partial charge in [-0.2, -0.15) is 0 Å². The van der Waals surface area contributed by atoms with Crippen LogP contribution in [0.4, 0.5) is 10.5 Å². The number of pyridine rings is 1. The Morgan fingerprint density at radius 1 is 1.22 bits per heavy atom. The number of methoxy groups -OCH3 is 1. The van der Waals surface area contributed by atoms with Gasteiger partial charge in [-0.15, -0.1) is 0 Å². The van der Waals surface area contributed by atoms with Gasteiger partial charge in [0, 0.05) is 30.9 Å². The highest BCUT2D eigenvalue weighted by molar-refractivity contribution is 6.36. The number of H-pyrrole nitrogens is 1. The summed E-state index contributed by atoms with van der Waals surface area (Å²) in [6, 6.07) is 5.14.